The van der Waals surface area contributed by atoms with Gasteiger partial charge in [-0.3, -0.25) is 9.78 Å². The van der Waals surface area contributed by atoms with Crippen LogP contribution in [0.15, 0.2) is 67.0 Å². The van der Waals surface area contributed by atoms with E-state index in [0.717, 1.165) is 23.0 Å². The van der Waals surface area contributed by atoms with Crippen LogP contribution in [0.5, 0.6) is 0 Å². The smallest absolute Gasteiger partial charge is 0.229 e. The molecule has 1 saturated heterocycles. The van der Waals surface area contributed by atoms with Crippen LogP contribution >= 0.6 is 0 Å². The quantitative estimate of drug-likeness (QED) is 0.780. The molecule has 2 N–H and O–H groups in total. The van der Waals surface area contributed by atoms with Crippen LogP contribution in [0.1, 0.15) is 11.5 Å². The first-order valence-electron chi connectivity index (χ1n) is 8.22. The van der Waals surface area contributed by atoms with Gasteiger partial charge in [0.2, 0.25) is 5.91 Å². The maximum absolute atomic E-state index is 12.9. The first-order valence-corrected chi connectivity index (χ1v) is 8.22. The number of amides is 1. The number of nitrogens with one attached hydrogen (secondary N) is 2. The molecule has 2 aromatic carbocycles. The molecule has 4 nitrogen and oxygen atoms in total. The van der Waals surface area contributed by atoms with Gasteiger partial charge in [-0.25, -0.2) is 0 Å². The van der Waals surface area contributed by atoms with E-state index in [9.17, 15) is 4.79 Å². The normalized spacial score (nSPS) is 20.2. The number of rotatable bonds is 3. The molecule has 1 aliphatic rings. The van der Waals surface area contributed by atoms with Crippen LogP contribution in [-0.4, -0.2) is 24.0 Å². The average molecular weight is 317 g/mol. The van der Waals surface area contributed by atoms with Crippen molar-refractivity contribution in [3.05, 3.63) is 72.6 Å². The highest BCUT2D eigenvalue weighted by Gasteiger charge is 2.33. The van der Waals surface area contributed by atoms with Gasteiger partial charge in [0.05, 0.1) is 5.92 Å². The molecule has 4 heteroatoms. The summed E-state index contributed by atoms with van der Waals surface area (Å²) < 4.78 is 0. The highest BCUT2D eigenvalue weighted by molar-refractivity contribution is 6.02. The molecule has 3 aromatic rings. The number of benzene rings is 2. The van der Waals surface area contributed by atoms with Gasteiger partial charge in [0.25, 0.3) is 0 Å². The van der Waals surface area contributed by atoms with Gasteiger partial charge in [0, 0.05) is 47.9 Å². The number of nitrogens with zero attached hydrogens (tertiary/aromatic N) is 1. The number of fused-ring (bicyclic) bond motifs is 1. The molecule has 0 saturated carbocycles. The van der Waals surface area contributed by atoms with Gasteiger partial charge in [-0.1, -0.05) is 42.5 Å². The molecule has 0 radical (unpaired) electrons. The molecule has 1 aromatic heterocycles. The molecule has 0 bridgehead atoms. The van der Waals surface area contributed by atoms with Crippen molar-refractivity contribution in [2.75, 3.05) is 18.4 Å². The minimum atomic E-state index is -0.0653. The second kappa shape index (κ2) is 6.42. The van der Waals surface area contributed by atoms with Crippen molar-refractivity contribution in [1.29, 1.82) is 0 Å². The predicted octanol–water partition coefficient (Wildman–Crippen LogP) is 3.18. The van der Waals surface area contributed by atoms with E-state index in [1.165, 1.54) is 5.56 Å². The highest BCUT2D eigenvalue weighted by Crippen LogP contribution is 2.30. The van der Waals surface area contributed by atoms with Gasteiger partial charge >= 0.3 is 0 Å². The topological polar surface area (TPSA) is 54.0 Å². The summed E-state index contributed by atoms with van der Waals surface area (Å²) in [4.78, 5) is 17.0. The van der Waals surface area contributed by atoms with E-state index < -0.39 is 0 Å². The van der Waals surface area contributed by atoms with Crippen LogP contribution in [0.25, 0.3) is 10.8 Å². The molecule has 1 amide bonds. The molecule has 2 heterocycles. The third-order valence-electron chi connectivity index (χ3n) is 4.72. The molecule has 0 aliphatic carbocycles. The van der Waals surface area contributed by atoms with Crippen molar-refractivity contribution in [2.24, 2.45) is 5.92 Å². The van der Waals surface area contributed by atoms with E-state index in [4.69, 9.17) is 0 Å². The molecular formula is C20H19N3O. The lowest BCUT2D eigenvalue weighted by Gasteiger charge is -2.19. The van der Waals surface area contributed by atoms with Crippen molar-refractivity contribution < 1.29 is 4.79 Å². The second-order valence-corrected chi connectivity index (χ2v) is 6.17. The fourth-order valence-corrected chi connectivity index (χ4v) is 3.46. The third kappa shape index (κ3) is 2.76. The summed E-state index contributed by atoms with van der Waals surface area (Å²) in [6, 6.07) is 18.1. The summed E-state index contributed by atoms with van der Waals surface area (Å²) in [5, 5.41) is 8.52. The Balaban J connectivity index is 1.59. The lowest BCUT2D eigenvalue weighted by atomic mass is 9.88. The highest BCUT2D eigenvalue weighted by atomic mass is 16.1. The average Bonchev–Trinajstić information content (AvgIpc) is 3.13. The second-order valence-electron chi connectivity index (χ2n) is 6.17. The number of hydrogen-bond donors (Lipinski definition) is 2. The first-order chi connectivity index (χ1) is 11.8. The van der Waals surface area contributed by atoms with Gasteiger partial charge in [-0.2, -0.15) is 0 Å². The number of aromatic nitrogens is 1. The van der Waals surface area contributed by atoms with Crippen molar-refractivity contribution in [1.82, 2.24) is 10.3 Å². The van der Waals surface area contributed by atoms with Crippen molar-refractivity contribution in [2.45, 2.75) is 5.92 Å². The molecule has 120 valence electrons. The zero-order chi connectivity index (χ0) is 16.4. The van der Waals surface area contributed by atoms with Crippen molar-refractivity contribution in [3.63, 3.8) is 0 Å². The SMILES string of the molecule is O=C(Nc1cccc2cnccc12)[C@H]1CNC[C@H]1c1ccccc1. The summed E-state index contributed by atoms with van der Waals surface area (Å²) in [6.07, 6.45) is 3.57. The zero-order valence-corrected chi connectivity index (χ0v) is 13.3. The summed E-state index contributed by atoms with van der Waals surface area (Å²) in [5.74, 6) is 0.213. The van der Waals surface area contributed by atoms with Crippen LogP contribution < -0.4 is 10.6 Å². The van der Waals surface area contributed by atoms with Crippen molar-refractivity contribution in [3.8, 4) is 0 Å². The van der Waals surface area contributed by atoms with Gasteiger partial charge in [-0.15, -0.1) is 0 Å². The van der Waals surface area contributed by atoms with E-state index >= 15 is 0 Å². The summed E-state index contributed by atoms with van der Waals surface area (Å²) >= 11 is 0. The van der Waals surface area contributed by atoms with E-state index in [1.807, 2.05) is 48.7 Å². The van der Waals surface area contributed by atoms with E-state index in [0.29, 0.717) is 6.54 Å². The van der Waals surface area contributed by atoms with Crippen molar-refractivity contribution >= 4 is 22.4 Å². The third-order valence-corrected chi connectivity index (χ3v) is 4.72. The molecule has 1 fully saturated rings. The van der Waals surface area contributed by atoms with E-state index in [1.54, 1.807) is 6.20 Å². The van der Waals surface area contributed by atoms with Gasteiger partial charge in [0.1, 0.15) is 0 Å². The molecule has 1 aliphatic heterocycles. The minimum absolute atomic E-state index is 0.0653. The minimum Gasteiger partial charge on any atom is -0.325 e. The molecule has 0 unspecified atom stereocenters. The van der Waals surface area contributed by atoms with Gasteiger partial charge < -0.3 is 10.6 Å². The predicted molar refractivity (Wildman–Crippen MR) is 95.9 cm³/mol. The standard InChI is InChI=1S/C20H19N3O/c24-20(18-13-22-12-17(18)14-5-2-1-3-6-14)23-19-8-4-7-15-11-21-10-9-16(15)19/h1-11,17-18,22H,12-13H2,(H,23,24)/t17-,18-/m0/s1. The Bertz CT molecular complexity index is 858. The van der Waals surface area contributed by atoms with Gasteiger partial charge in [-0.05, 0) is 17.7 Å². The monoisotopic (exact) mass is 317 g/mol. The molecule has 4 rings (SSSR count). The van der Waals surface area contributed by atoms with Crippen LogP contribution in [0.4, 0.5) is 5.69 Å². The number of carbonyl (C=O) groups is 1. The Hall–Kier alpha value is -2.72. The zero-order valence-electron chi connectivity index (χ0n) is 13.3. The van der Waals surface area contributed by atoms with Crippen LogP contribution in [0, 0.1) is 5.92 Å². The Morgan fingerprint density at radius 3 is 2.79 bits per heavy atom. The lowest BCUT2D eigenvalue weighted by molar-refractivity contribution is -0.119. The number of carbonyl (C=O) groups excluding carboxylic acids is 1. The van der Waals surface area contributed by atoms with E-state index in [2.05, 4.69) is 27.8 Å². The number of anilines is 1. The number of hydrogen-bond acceptors (Lipinski definition) is 3. The summed E-state index contributed by atoms with van der Waals surface area (Å²) in [5.41, 5.74) is 2.06. The van der Waals surface area contributed by atoms with Crippen LogP contribution in [0.2, 0.25) is 0 Å². The Labute approximate surface area is 140 Å². The molecule has 2 atom stereocenters. The van der Waals surface area contributed by atoms with E-state index in [-0.39, 0.29) is 17.7 Å². The molecule has 24 heavy (non-hydrogen) atoms. The first kappa shape index (κ1) is 14.8. The lowest BCUT2D eigenvalue weighted by Crippen LogP contribution is -2.28. The molecule has 0 spiro atoms. The fraction of sp³-hybridized carbons (Fsp3) is 0.200. The maximum atomic E-state index is 12.9. The Kier molecular flexibility index (Phi) is 3.97. The van der Waals surface area contributed by atoms with Crippen LogP contribution in [-0.2, 0) is 4.79 Å². The van der Waals surface area contributed by atoms with Gasteiger partial charge in [0.15, 0.2) is 0 Å². The maximum Gasteiger partial charge on any atom is 0.229 e. The number of pyridine rings is 1. The summed E-state index contributed by atoms with van der Waals surface area (Å²) in [6.45, 7) is 1.54. The fourth-order valence-electron chi connectivity index (χ4n) is 3.46. The van der Waals surface area contributed by atoms with Crippen LogP contribution in [0.3, 0.4) is 0 Å². The largest absolute Gasteiger partial charge is 0.325 e. The molecular weight excluding hydrogens is 298 g/mol. The summed E-state index contributed by atoms with van der Waals surface area (Å²) in [7, 11) is 0. The Morgan fingerprint density at radius 2 is 1.92 bits per heavy atom. The Morgan fingerprint density at radius 1 is 1.04 bits per heavy atom.